The van der Waals surface area contributed by atoms with E-state index in [1.165, 1.54) is 0 Å². The van der Waals surface area contributed by atoms with E-state index in [1.54, 1.807) is 0 Å². The Kier molecular flexibility index (Phi) is 7.17. The fourth-order valence-electron chi connectivity index (χ4n) is 3.14. The Morgan fingerprint density at radius 1 is 1.36 bits per heavy atom. The number of amides is 1. The first-order chi connectivity index (χ1) is 9.94. The van der Waals surface area contributed by atoms with Crippen LogP contribution in [0.25, 0.3) is 0 Å². The predicted molar refractivity (Wildman–Crippen MR) is 94.3 cm³/mol. The van der Waals surface area contributed by atoms with Gasteiger partial charge in [-0.2, -0.15) is 0 Å². The van der Waals surface area contributed by atoms with Gasteiger partial charge in [-0.05, 0) is 44.4 Å². The Balaban J connectivity index is 0.00000242. The summed E-state index contributed by atoms with van der Waals surface area (Å²) >= 11 is 5.91. The molecule has 124 valence electrons. The number of carbonyl (C=O) groups excluding carboxylic acids is 1. The van der Waals surface area contributed by atoms with Gasteiger partial charge in [-0.1, -0.05) is 36.6 Å². The van der Waals surface area contributed by atoms with Gasteiger partial charge in [0.25, 0.3) is 0 Å². The molecule has 3 nitrogen and oxygen atoms in total. The molecule has 2 N–H and O–H groups in total. The molecule has 1 fully saturated rings. The Hall–Kier alpha value is -0.770. The van der Waals surface area contributed by atoms with E-state index in [2.05, 4.69) is 0 Å². The summed E-state index contributed by atoms with van der Waals surface area (Å²) in [6.45, 7) is 5.36. The number of nitrogens with two attached hydrogens (primary N) is 1. The van der Waals surface area contributed by atoms with Crippen LogP contribution in [0.15, 0.2) is 24.3 Å². The zero-order valence-corrected chi connectivity index (χ0v) is 14.9. The number of hydrogen-bond donors (Lipinski definition) is 1. The highest BCUT2D eigenvalue weighted by Crippen LogP contribution is 2.33. The van der Waals surface area contributed by atoms with E-state index in [0.29, 0.717) is 13.1 Å². The monoisotopic (exact) mass is 344 g/mol. The van der Waals surface area contributed by atoms with Crippen molar-refractivity contribution in [3.8, 4) is 0 Å². The zero-order valence-electron chi connectivity index (χ0n) is 13.3. The second-order valence-electron chi connectivity index (χ2n) is 6.28. The minimum Gasteiger partial charge on any atom is -0.338 e. The highest BCUT2D eigenvalue weighted by atomic mass is 35.5. The SMILES string of the molecule is CCN(Cc1ccc(Cl)cc1)C(=O)C1CCCCC1(C)N.Cl. The van der Waals surface area contributed by atoms with Crippen LogP contribution in [0.1, 0.15) is 45.1 Å². The summed E-state index contributed by atoms with van der Waals surface area (Å²) in [4.78, 5) is 14.7. The molecule has 0 radical (unpaired) electrons. The third-order valence-corrected chi connectivity index (χ3v) is 4.78. The lowest BCUT2D eigenvalue weighted by Gasteiger charge is -2.39. The Morgan fingerprint density at radius 2 is 2.00 bits per heavy atom. The summed E-state index contributed by atoms with van der Waals surface area (Å²) in [5.41, 5.74) is 7.09. The third-order valence-electron chi connectivity index (χ3n) is 4.53. The zero-order chi connectivity index (χ0) is 15.5. The van der Waals surface area contributed by atoms with Gasteiger partial charge in [-0.3, -0.25) is 4.79 Å². The molecule has 0 spiro atoms. The maximum atomic E-state index is 12.8. The van der Waals surface area contributed by atoms with Gasteiger partial charge >= 0.3 is 0 Å². The normalized spacial score (nSPS) is 24.5. The first-order valence-corrected chi connectivity index (χ1v) is 8.14. The molecule has 0 saturated heterocycles. The Labute approximate surface area is 144 Å². The van der Waals surface area contributed by atoms with Crippen molar-refractivity contribution >= 4 is 29.9 Å². The maximum Gasteiger partial charge on any atom is 0.227 e. The molecule has 0 heterocycles. The first kappa shape index (κ1) is 19.3. The Morgan fingerprint density at radius 3 is 2.55 bits per heavy atom. The maximum absolute atomic E-state index is 12.8. The highest BCUT2D eigenvalue weighted by Gasteiger charge is 2.39. The lowest BCUT2D eigenvalue weighted by molar-refractivity contribution is -0.139. The molecule has 0 bridgehead atoms. The number of hydrogen-bond acceptors (Lipinski definition) is 2. The van der Waals surface area contributed by atoms with E-state index in [-0.39, 0.29) is 29.8 Å². The van der Waals surface area contributed by atoms with E-state index < -0.39 is 0 Å². The van der Waals surface area contributed by atoms with E-state index in [4.69, 9.17) is 17.3 Å². The second-order valence-corrected chi connectivity index (χ2v) is 6.72. The second kappa shape index (κ2) is 8.19. The third kappa shape index (κ3) is 4.61. The molecule has 1 aromatic rings. The number of nitrogens with zero attached hydrogens (tertiary/aromatic N) is 1. The molecule has 1 aromatic carbocycles. The van der Waals surface area contributed by atoms with Gasteiger partial charge in [-0.25, -0.2) is 0 Å². The van der Waals surface area contributed by atoms with Crippen molar-refractivity contribution < 1.29 is 4.79 Å². The van der Waals surface area contributed by atoms with Crippen LogP contribution in [-0.2, 0) is 11.3 Å². The molecule has 22 heavy (non-hydrogen) atoms. The van der Waals surface area contributed by atoms with Gasteiger partial charge in [0.1, 0.15) is 0 Å². The number of benzene rings is 1. The van der Waals surface area contributed by atoms with E-state index >= 15 is 0 Å². The molecule has 5 heteroatoms. The minimum absolute atomic E-state index is 0. The van der Waals surface area contributed by atoms with Gasteiger partial charge in [0.2, 0.25) is 5.91 Å². The number of halogens is 2. The van der Waals surface area contributed by atoms with Gasteiger partial charge in [0, 0.05) is 23.7 Å². The standard InChI is InChI=1S/C17H25ClN2O.ClH/c1-3-20(12-13-7-9-14(18)10-8-13)16(21)15-6-4-5-11-17(15,2)19;/h7-10,15H,3-6,11-12,19H2,1-2H3;1H. The fourth-order valence-corrected chi connectivity index (χ4v) is 3.27. The van der Waals surface area contributed by atoms with Crippen LogP contribution >= 0.6 is 24.0 Å². The van der Waals surface area contributed by atoms with Crippen LogP contribution in [0.5, 0.6) is 0 Å². The molecule has 1 aliphatic rings. The molecular formula is C17H26Cl2N2O. The highest BCUT2D eigenvalue weighted by molar-refractivity contribution is 6.30. The lowest BCUT2D eigenvalue weighted by Crippen LogP contribution is -2.53. The largest absolute Gasteiger partial charge is 0.338 e. The van der Waals surface area contributed by atoms with Crippen LogP contribution in [0.4, 0.5) is 0 Å². The van der Waals surface area contributed by atoms with E-state index in [9.17, 15) is 4.79 Å². The number of carbonyl (C=O) groups is 1. The summed E-state index contributed by atoms with van der Waals surface area (Å²) < 4.78 is 0. The summed E-state index contributed by atoms with van der Waals surface area (Å²) in [5, 5.41) is 0.718. The van der Waals surface area contributed by atoms with Crippen molar-refractivity contribution in [2.24, 2.45) is 11.7 Å². The van der Waals surface area contributed by atoms with Crippen LogP contribution in [-0.4, -0.2) is 22.9 Å². The molecule has 1 saturated carbocycles. The van der Waals surface area contributed by atoms with Crippen LogP contribution in [0, 0.1) is 5.92 Å². The minimum atomic E-state index is -0.372. The van der Waals surface area contributed by atoms with Gasteiger partial charge in [0.15, 0.2) is 0 Å². The van der Waals surface area contributed by atoms with Crippen LogP contribution in [0.3, 0.4) is 0 Å². The van der Waals surface area contributed by atoms with Crippen molar-refractivity contribution in [1.29, 1.82) is 0 Å². The average Bonchev–Trinajstić information content (AvgIpc) is 2.45. The van der Waals surface area contributed by atoms with Gasteiger partial charge in [-0.15, -0.1) is 12.4 Å². The smallest absolute Gasteiger partial charge is 0.227 e. The molecule has 2 unspecified atom stereocenters. The predicted octanol–water partition coefficient (Wildman–Crippen LogP) is 4.02. The summed E-state index contributed by atoms with van der Waals surface area (Å²) in [6.07, 6.45) is 4.06. The summed E-state index contributed by atoms with van der Waals surface area (Å²) in [7, 11) is 0. The van der Waals surface area contributed by atoms with Crippen LogP contribution in [0.2, 0.25) is 5.02 Å². The average molecular weight is 345 g/mol. The topological polar surface area (TPSA) is 46.3 Å². The molecule has 2 rings (SSSR count). The molecular weight excluding hydrogens is 319 g/mol. The van der Waals surface area contributed by atoms with E-state index in [0.717, 1.165) is 36.3 Å². The molecule has 2 atom stereocenters. The van der Waals surface area contributed by atoms with Crippen molar-refractivity contribution in [3.63, 3.8) is 0 Å². The summed E-state index contributed by atoms with van der Waals surface area (Å²) in [5.74, 6) is 0.135. The van der Waals surface area contributed by atoms with Crippen molar-refractivity contribution in [2.75, 3.05) is 6.54 Å². The lowest BCUT2D eigenvalue weighted by atomic mass is 9.74. The van der Waals surface area contributed by atoms with Gasteiger partial charge < -0.3 is 10.6 Å². The Bertz CT molecular complexity index is 488. The number of rotatable bonds is 4. The van der Waals surface area contributed by atoms with Crippen molar-refractivity contribution in [3.05, 3.63) is 34.9 Å². The quantitative estimate of drug-likeness (QED) is 0.896. The summed E-state index contributed by atoms with van der Waals surface area (Å²) in [6, 6.07) is 7.67. The van der Waals surface area contributed by atoms with E-state index in [1.807, 2.05) is 43.0 Å². The molecule has 1 amide bonds. The molecule has 1 aliphatic carbocycles. The van der Waals surface area contributed by atoms with Gasteiger partial charge in [0.05, 0.1) is 5.92 Å². The van der Waals surface area contributed by atoms with Crippen molar-refractivity contribution in [2.45, 2.75) is 51.6 Å². The van der Waals surface area contributed by atoms with Crippen molar-refractivity contribution in [1.82, 2.24) is 4.90 Å². The molecule has 0 aromatic heterocycles. The van der Waals surface area contributed by atoms with Crippen LogP contribution < -0.4 is 5.73 Å². The first-order valence-electron chi connectivity index (χ1n) is 7.76. The molecule has 0 aliphatic heterocycles. The fraction of sp³-hybridized carbons (Fsp3) is 0.588.